The van der Waals surface area contributed by atoms with Gasteiger partial charge in [0.2, 0.25) is 0 Å². The van der Waals surface area contributed by atoms with Crippen molar-refractivity contribution in [3.63, 3.8) is 0 Å². The van der Waals surface area contributed by atoms with E-state index in [1.165, 1.54) is 0 Å². The molecule has 0 spiro atoms. The van der Waals surface area contributed by atoms with Gasteiger partial charge in [0.15, 0.2) is 0 Å². The van der Waals surface area contributed by atoms with Crippen LogP contribution in [0, 0.1) is 0 Å². The fourth-order valence-electron chi connectivity index (χ4n) is 1.53. The van der Waals surface area contributed by atoms with Crippen molar-refractivity contribution in [3.05, 3.63) is 29.8 Å². The van der Waals surface area contributed by atoms with Crippen molar-refractivity contribution < 1.29 is 14.6 Å². The molecular weight excluding hydrogens is 168 g/mol. The van der Waals surface area contributed by atoms with Crippen molar-refractivity contribution in [2.75, 3.05) is 6.61 Å². The highest BCUT2D eigenvalue weighted by molar-refractivity contribution is 5.82. The molecule has 1 aliphatic heterocycles. The molecular formula is C10H10O3. The Kier molecular flexibility index (Phi) is 2.02. The fraction of sp³-hybridized carbons (Fsp3) is 0.300. The van der Waals surface area contributed by atoms with E-state index in [0.29, 0.717) is 12.2 Å². The number of carbonyl (C=O) groups is 1. The smallest absolute Gasteiger partial charge is 0.318 e. The van der Waals surface area contributed by atoms with Gasteiger partial charge in [-0.2, -0.15) is 0 Å². The van der Waals surface area contributed by atoms with E-state index in [-0.39, 0.29) is 18.5 Å². The van der Waals surface area contributed by atoms with Crippen LogP contribution in [-0.2, 0) is 4.79 Å². The van der Waals surface area contributed by atoms with Crippen molar-refractivity contribution >= 4 is 5.97 Å². The first-order chi connectivity index (χ1) is 6.31. The molecule has 0 saturated heterocycles. The van der Waals surface area contributed by atoms with Crippen LogP contribution in [0.25, 0.3) is 0 Å². The molecule has 1 aromatic carbocycles. The standard InChI is InChI=1S/C10H10O3/c11-5-4-9-7-2-1-3-8(6-7)13-10(9)12/h1-3,6,9,11H,4-5H2. The predicted molar refractivity (Wildman–Crippen MR) is 46.5 cm³/mol. The number of esters is 1. The van der Waals surface area contributed by atoms with Gasteiger partial charge in [-0.05, 0) is 24.1 Å². The molecule has 2 bridgehead atoms. The second-order valence-electron chi connectivity index (χ2n) is 3.06. The molecule has 1 unspecified atom stereocenters. The molecule has 0 aromatic heterocycles. The summed E-state index contributed by atoms with van der Waals surface area (Å²) in [5, 5.41) is 8.76. The minimum atomic E-state index is -0.293. The normalized spacial score (nSPS) is 19.8. The van der Waals surface area contributed by atoms with Gasteiger partial charge in [-0.15, -0.1) is 0 Å². The molecule has 1 atom stereocenters. The number of rotatable bonds is 2. The van der Waals surface area contributed by atoms with Crippen molar-refractivity contribution in [1.29, 1.82) is 0 Å². The summed E-state index contributed by atoms with van der Waals surface area (Å²) < 4.78 is 5.01. The Hall–Kier alpha value is -1.35. The maximum Gasteiger partial charge on any atom is 0.318 e. The molecule has 1 aliphatic rings. The Bertz CT molecular complexity index is 333. The number of ether oxygens (including phenoxy) is 1. The van der Waals surface area contributed by atoms with E-state index in [9.17, 15) is 4.79 Å². The maximum absolute atomic E-state index is 11.3. The molecule has 3 heteroatoms. The molecule has 3 nitrogen and oxygen atoms in total. The number of carbonyl (C=O) groups excluding carboxylic acids is 1. The second-order valence-corrected chi connectivity index (χ2v) is 3.06. The van der Waals surface area contributed by atoms with Gasteiger partial charge in [-0.25, -0.2) is 0 Å². The summed E-state index contributed by atoms with van der Waals surface area (Å²) in [5.41, 5.74) is 0.933. The summed E-state index contributed by atoms with van der Waals surface area (Å²) in [6, 6.07) is 7.31. The monoisotopic (exact) mass is 178 g/mol. The molecule has 0 aliphatic carbocycles. The Morgan fingerprint density at radius 1 is 1.46 bits per heavy atom. The zero-order valence-corrected chi connectivity index (χ0v) is 7.06. The lowest BCUT2D eigenvalue weighted by Gasteiger charge is -2.20. The van der Waals surface area contributed by atoms with Gasteiger partial charge in [0.05, 0.1) is 5.92 Å². The van der Waals surface area contributed by atoms with E-state index in [2.05, 4.69) is 0 Å². The van der Waals surface area contributed by atoms with Crippen LogP contribution in [0.15, 0.2) is 24.3 Å². The van der Waals surface area contributed by atoms with Gasteiger partial charge < -0.3 is 9.84 Å². The predicted octanol–water partition coefficient (Wildman–Crippen LogP) is 1.07. The first-order valence-electron chi connectivity index (χ1n) is 4.24. The van der Waals surface area contributed by atoms with Gasteiger partial charge in [0.25, 0.3) is 0 Å². The first kappa shape index (κ1) is 8.26. The van der Waals surface area contributed by atoms with Crippen molar-refractivity contribution in [2.45, 2.75) is 12.3 Å². The van der Waals surface area contributed by atoms with Crippen LogP contribution >= 0.6 is 0 Å². The average Bonchev–Trinajstić information content (AvgIpc) is 2.12. The summed E-state index contributed by atoms with van der Waals surface area (Å²) in [4.78, 5) is 11.3. The second kappa shape index (κ2) is 3.18. The van der Waals surface area contributed by atoms with Crippen LogP contribution in [0.4, 0.5) is 0 Å². The average molecular weight is 178 g/mol. The van der Waals surface area contributed by atoms with E-state index >= 15 is 0 Å². The van der Waals surface area contributed by atoms with Gasteiger partial charge >= 0.3 is 5.97 Å². The Balaban J connectivity index is 2.34. The number of benzene rings is 1. The third-order valence-electron chi connectivity index (χ3n) is 2.18. The molecule has 13 heavy (non-hydrogen) atoms. The number of aliphatic hydroxyl groups is 1. The van der Waals surface area contributed by atoms with E-state index in [1.54, 1.807) is 6.07 Å². The number of hydrogen-bond acceptors (Lipinski definition) is 3. The van der Waals surface area contributed by atoms with Gasteiger partial charge in [-0.1, -0.05) is 12.1 Å². The zero-order chi connectivity index (χ0) is 9.26. The summed E-state index contributed by atoms with van der Waals surface area (Å²) in [5.74, 6) is 0.0394. The van der Waals surface area contributed by atoms with Crippen molar-refractivity contribution in [3.8, 4) is 5.75 Å². The molecule has 0 radical (unpaired) electrons. The molecule has 0 amide bonds. The van der Waals surface area contributed by atoms with Crippen LogP contribution in [-0.4, -0.2) is 17.7 Å². The van der Waals surface area contributed by atoms with Crippen LogP contribution < -0.4 is 4.74 Å². The highest BCUT2D eigenvalue weighted by atomic mass is 16.5. The lowest BCUT2D eigenvalue weighted by Crippen LogP contribution is -2.23. The SMILES string of the molecule is O=C1Oc2cccc(c2)C1CCO. The quantitative estimate of drug-likeness (QED) is 0.544. The molecule has 0 saturated carbocycles. The van der Waals surface area contributed by atoms with E-state index in [4.69, 9.17) is 9.84 Å². The van der Waals surface area contributed by atoms with Crippen LogP contribution in [0.1, 0.15) is 17.9 Å². The number of aliphatic hydroxyl groups excluding tert-OH is 1. The molecule has 68 valence electrons. The Morgan fingerprint density at radius 3 is 3.08 bits per heavy atom. The Morgan fingerprint density at radius 2 is 2.31 bits per heavy atom. The number of hydrogen-bond donors (Lipinski definition) is 1. The van der Waals surface area contributed by atoms with Crippen LogP contribution in [0.5, 0.6) is 5.75 Å². The summed E-state index contributed by atoms with van der Waals surface area (Å²) in [7, 11) is 0. The molecule has 2 rings (SSSR count). The van der Waals surface area contributed by atoms with Gasteiger partial charge in [0, 0.05) is 6.61 Å². The summed E-state index contributed by atoms with van der Waals surface area (Å²) in [6.45, 7) is 0.00396. The van der Waals surface area contributed by atoms with Gasteiger partial charge in [-0.3, -0.25) is 4.79 Å². The van der Waals surface area contributed by atoms with E-state index < -0.39 is 0 Å². The Labute approximate surface area is 76.0 Å². The fourth-order valence-corrected chi connectivity index (χ4v) is 1.53. The highest BCUT2D eigenvalue weighted by Gasteiger charge is 2.26. The van der Waals surface area contributed by atoms with E-state index in [1.807, 2.05) is 18.2 Å². The lowest BCUT2D eigenvalue weighted by atomic mass is 9.94. The topological polar surface area (TPSA) is 46.5 Å². The van der Waals surface area contributed by atoms with Crippen LogP contribution in [0.3, 0.4) is 0 Å². The first-order valence-corrected chi connectivity index (χ1v) is 4.24. The highest BCUT2D eigenvalue weighted by Crippen LogP contribution is 2.29. The molecule has 1 N–H and O–H groups in total. The molecule has 0 fully saturated rings. The third-order valence-corrected chi connectivity index (χ3v) is 2.18. The van der Waals surface area contributed by atoms with Crippen molar-refractivity contribution in [1.82, 2.24) is 0 Å². The van der Waals surface area contributed by atoms with Crippen LogP contribution in [0.2, 0.25) is 0 Å². The molecule has 1 aromatic rings. The minimum Gasteiger partial charge on any atom is -0.426 e. The molecule has 1 heterocycles. The minimum absolute atomic E-state index is 0.00396. The van der Waals surface area contributed by atoms with Gasteiger partial charge in [0.1, 0.15) is 5.75 Å². The maximum atomic E-state index is 11.3. The number of fused-ring (bicyclic) bond motifs is 2. The summed E-state index contributed by atoms with van der Waals surface area (Å²) in [6.07, 6.45) is 0.433. The summed E-state index contributed by atoms with van der Waals surface area (Å²) >= 11 is 0. The third kappa shape index (κ3) is 1.42. The lowest BCUT2D eigenvalue weighted by molar-refractivity contribution is -0.137. The van der Waals surface area contributed by atoms with E-state index in [0.717, 1.165) is 5.56 Å². The largest absolute Gasteiger partial charge is 0.426 e. The zero-order valence-electron chi connectivity index (χ0n) is 7.06. The van der Waals surface area contributed by atoms with Crippen molar-refractivity contribution in [2.24, 2.45) is 0 Å².